The fraction of sp³-hybridized carbons (Fsp3) is 0.217. The molecule has 2 heterocycles. The molecule has 4 heteroatoms. The van der Waals surface area contributed by atoms with Crippen molar-refractivity contribution in [2.75, 3.05) is 19.6 Å². The maximum absolute atomic E-state index is 6.11. The Labute approximate surface area is 172 Å². The van der Waals surface area contributed by atoms with Gasteiger partial charge in [0.05, 0.1) is 0 Å². The standard InChI is InChI=1S/C23H20BrClN2/c24-18-4-3-15-1-2-17(21(15)11-18)14-27-9-7-16(8-10-27)22-13-26-23-12-19(25)5-6-20(22)23/h1-7,11-13,17,26H,8-10,14H2. The van der Waals surface area contributed by atoms with Gasteiger partial charge in [-0.15, -0.1) is 0 Å². The number of rotatable bonds is 3. The van der Waals surface area contributed by atoms with Gasteiger partial charge in [0.15, 0.2) is 0 Å². The second kappa shape index (κ2) is 6.97. The van der Waals surface area contributed by atoms with Crippen molar-refractivity contribution in [3.05, 3.63) is 80.9 Å². The second-order valence-electron chi connectivity index (χ2n) is 7.37. The highest BCUT2D eigenvalue weighted by Gasteiger charge is 2.22. The van der Waals surface area contributed by atoms with E-state index >= 15 is 0 Å². The summed E-state index contributed by atoms with van der Waals surface area (Å²) in [6, 6.07) is 12.7. The van der Waals surface area contributed by atoms with Gasteiger partial charge >= 0.3 is 0 Å². The predicted molar refractivity (Wildman–Crippen MR) is 118 cm³/mol. The van der Waals surface area contributed by atoms with Crippen molar-refractivity contribution in [1.29, 1.82) is 0 Å². The van der Waals surface area contributed by atoms with Crippen LogP contribution in [-0.2, 0) is 0 Å². The number of aromatic amines is 1. The van der Waals surface area contributed by atoms with E-state index in [0.717, 1.165) is 41.1 Å². The number of halogens is 2. The molecule has 0 amide bonds. The SMILES string of the molecule is Clc1ccc2c(C3=CCN(CC4C=Cc5ccc(Br)cc54)CC3)c[nH]c2c1. The fourth-order valence-corrected chi connectivity index (χ4v) is 4.82. The van der Waals surface area contributed by atoms with Crippen molar-refractivity contribution in [2.45, 2.75) is 12.3 Å². The van der Waals surface area contributed by atoms with Gasteiger partial charge in [-0.1, -0.05) is 57.9 Å². The van der Waals surface area contributed by atoms with Crippen LogP contribution in [0.1, 0.15) is 29.0 Å². The molecule has 0 fully saturated rings. The second-order valence-corrected chi connectivity index (χ2v) is 8.72. The van der Waals surface area contributed by atoms with E-state index in [0.29, 0.717) is 5.92 Å². The number of benzene rings is 2. The summed E-state index contributed by atoms with van der Waals surface area (Å²) >= 11 is 9.72. The molecule has 0 saturated carbocycles. The first kappa shape index (κ1) is 17.3. The molecule has 136 valence electrons. The lowest BCUT2D eigenvalue weighted by molar-refractivity contribution is 0.295. The van der Waals surface area contributed by atoms with Crippen molar-refractivity contribution >= 4 is 50.1 Å². The highest BCUT2D eigenvalue weighted by atomic mass is 79.9. The number of hydrogen-bond donors (Lipinski definition) is 1. The first-order valence-electron chi connectivity index (χ1n) is 9.33. The van der Waals surface area contributed by atoms with E-state index in [-0.39, 0.29) is 0 Å². The first-order chi connectivity index (χ1) is 13.2. The van der Waals surface area contributed by atoms with E-state index in [2.05, 4.69) is 74.5 Å². The third kappa shape index (κ3) is 3.29. The van der Waals surface area contributed by atoms with Gasteiger partial charge < -0.3 is 4.98 Å². The van der Waals surface area contributed by atoms with Gasteiger partial charge in [-0.05, 0) is 47.4 Å². The molecule has 1 atom stereocenters. The van der Waals surface area contributed by atoms with E-state index in [4.69, 9.17) is 11.6 Å². The highest BCUT2D eigenvalue weighted by Crippen LogP contribution is 2.35. The minimum atomic E-state index is 0.489. The van der Waals surface area contributed by atoms with Gasteiger partial charge in [0.25, 0.3) is 0 Å². The smallest absolute Gasteiger partial charge is 0.0475 e. The zero-order chi connectivity index (χ0) is 18.4. The van der Waals surface area contributed by atoms with E-state index in [1.54, 1.807) is 0 Å². The molecule has 2 aromatic carbocycles. The van der Waals surface area contributed by atoms with Crippen molar-refractivity contribution in [2.24, 2.45) is 0 Å². The Balaban J connectivity index is 1.32. The van der Waals surface area contributed by atoms with Crippen LogP contribution in [0.5, 0.6) is 0 Å². The number of H-pyrrole nitrogens is 1. The predicted octanol–water partition coefficient (Wildman–Crippen LogP) is 6.48. The largest absolute Gasteiger partial charge is 0.361 e. The molecular weight excluding hydrogens is 420 g/mol. The van der Waals surface area contributed by atoms with Crippen LogP contribution in [0.25, 0.3) is 22.6 Å². The Morgan fingerprint density at radius 1 is 1.19 bits per heavy atom. The lowest BCUT2D eigenvalue weighted by Crippen LogP contribution is -2.31. The normalized spacial score (nSPS) is 19.5. The summed E-state index contributed by atoms with van der Waals surface area (Å²) in [5.41, 5.74) is 6.65. The van der Waals surface area contributed by atoms with Crippen LogP contribution in [0.2, 0.25) is 5.02 Å². The van der Waals surface area contributed by atoms with Crippen molar-refractivity contribution in [3.8, 4) is 0 Å². The number of fused-ring (bicyclic) bond motifs is 2. The molecule has 0 saturated heterocycles. The highest BCUT2D eigenvalue weighted by molar-refractivity contribution is 9.10. The van der Waals surface area contributed by atoms with Gasteiger partial charge in [0, 0.05) is 57.7 Å². The minimum absolute atomic E-state index is 0.489. The van der Waals surface area contributed by atoms with Crippen LogP contribution in [0.15, 0.2) is 59.2 Å². The Morgan fingerprint density at radius 2 is 2.11 bits per heavy atom. The third-order valence-electron chi connectivity index (χ3n) is 5.69. The molecule has 27 heavy (non-hydrogen) atoms. The lowest BCUT2D eigenvalue weighted by atomic mass is 9.96. The summed E-state index contributed by atoms with van der Waals surface area (Å²) in [4.78, 5) is 5.92. The van der Waals surface area contributed by atoms with Gasteiger partial charge in [-0.3, -0.25) is 4.90 Å². The molecule has 1 aliphatic carbocycles. The Bertz CT molecular complexity index is 1080. The maximum atomic E-state index is 6.11. The monoisotopic (exact) mass is 438 g/mol. The number of nitrogens with zero attached hydrogens (tertiary/aromatic N) is 1. The van der Waals surface area contributed by atoms with Crippen LogP contribution in [-0.4, -0.2) is 29.5 Å². The number of hydrogen-bond acceptors (Lipinski definition) is 1. The molecular formula is C23H20BrClN2. The summed E-state index contributed by atoms with van der Waals surface area (Å²) in [6.07, 6.45) is 10.2. The Hall–Kier alpha value is -1.81. The molecule has 1 aromatic heterocycles. The van der Waals surface area contributed by atoms with Gasteiger partial charge in [0.1, 0.15) is 0 Å². The van der Waals surface area contributed by atoms with Crippen LogP contribution in [0, 0.1) is 0 Å². The van der Waals surface area contributed by atoms with Crippen LogP contribution in [0.3, 0.4) is 0 Å². The van der Waals surface area contributed by atoms with E-state index in [9.17, 15) is 0 Å². The first-order valence-corrected chi connectivity index (χ1v) is 10.5. The van der Waals surface area contributed by atoms with Crippen molar-refractivity contribution < 1.29 is 0 Å². The summed E-state index contributed by atoms with van der Waals surface area (Å²) in [7, 11) is 0. The molecule has 2 nitrogen and oxygen atoms in total. The molecule has 0 radical (unpaired) electrons. The van der Waals surface area contributed by atoms with Gasteiger partial charge in [0.2, 0.25) is 0 Å². The zero-order valence-corrected chi connectivity index (χ0v) is 17.2. The summed E-state index contributed by atoms with van der Waals surface area (Å²) in [5.74, 6) is 0.489. The Morgan fingerprint density at radius 3 is 2.96 bits per heavy atom. The number of aromatic nitrogens is 1. The molecule has 0 spiro atoms. The van der Waals surface area contributed by atoms with Gasteiger partial charge in [-0.25, -0.2) is 0 Å². The van der Waals surface area contributed by atoms with Gasteiger partial charge in [-0.2, -0.15) is 0 Å². The molecule has 1 N–H and O–H groups in total. The van der Waals surface area contributed by atoms with E-state index < -0.39 is 0 Å². The van der Waals surface area contributed by atoms with Crippen LogP contribution in [0.4, 0.5) is 0 Å². The average Bonchev–Trinajstić information content (AvgIpc) is 3.26. The molecule has 1 unspecified atom stereocenters. The molecule has 1 aliphatic heterocycles. The maximum Gasteiger partial charge on any atom is 0.0475 e. The number of nitrogens with one attached hydrogen (secondary N) is 1. The molecule has 3 aromatic rings. The topological polar surface area (TPSA) is 19.0 Å². The zero-order valence-electron chi connectivity index (χ0n) is 14.9. The summed E-state index contributed by atoms with van der Waals surface area (Å²) < 4.78 is 1.16. The van der Waals surface area contributed by atoms with E-state index in [1.165, 1.54) is 27.6 Å². The van der Waals surface area contributed by atoms with E-state index in [1.807, 2.05) is 12.1 Å². The van der Waals surface area contributed by atoms with Crippen molar-refractivity contribution in [1.82, 2.24) is 9.88 Å². The average molecular weight is 440 g/mol. The Kier molecular flexibility index (Phi) is 4.47. The molecule has 5 rings (SSSR count). The van der Waals surface area contributed by atoms with Crippen LogP contribution < -0.4 is 0 Å². The fourth-order valence-electron chi connectivity index (χ4n) is 4.27. The summed E-state index contributed by atoms with van der Waals surface area (Å²) in [6.45, 7) is 3.18. The molecule has 0 bridgehead atoms. The minimum Gasteiger partial charge on any atom is -0.361 e. The van der Waals surface area contributed by atoms with Crippen LogP contribution >= 0.6 is 27.5 Å². The lowest BCUT2D eigenvalue weighted by Gasteiger charge is -2.28. The summed E-state index contributed by atoms with van der Waals surface area (Å²) in [5, 5.41) is 2.04. The quantitative estimate of drug-likeness (QED) is 0.494. The van der Waals surface area contributed by atoms with Crippen molar-refractivity contribution in [3.63, 3.8) is 0 Å². The third-order valence-corrected chi connectivity index (χ3v) is 6.42. The molecule has 2 aliphatic rings.